The van der Waals surface area contributed by atoms with Gasteiger partial charge in [0, 0.05) is 5.56 Å². The van der Waals surface area contributed by atoms with E-state index in [1.807, 2.05) is 6.26 Å². The highest BCUT2D eigenvalue weighted by atomic mass is 32.2. The van der Waals surface area contributed by atoms with Crippen molar-refractivity contribution in [2.24, 2.45) is 0 Å². The van der Waals surface area contributed by atoms with E-state index in [4.69, 9.17) is 21.7 Å². The number of carbonyl (C=O) groups excluding carboxylic acids is 1. The predicted molar refractivity (Wildman–Crippen MR) is 109 cm³/mol. The van der Waals surface area contributed by atoms with E-state index >= 15 is 0 Å². The molecule has 1 saturated heterocycles. The summed E-state index contributed by atoms with van der Waals surface area (Å²) in [5.41, 5.74) is 0.656. The van der Waals surface area contributed by atoms with E-state index in [2.05, 4.69) is 0 Å². The van der Waals surface area contributed by atoms with Gasteiger partial charge < -0.3 is 14.6 Å². The number of carboxylic acids is 1. The zero-order valence-electron chi connectivity index (χ0n) is 14.6. The normalized spacial score (nSPS) is 16.9. The number of ether oxygens (including phenoxy) is 2. The molecule has 0 aromatic heterocycles. The van der Waals surface area contributed by atoms with Crippen molar-refractivity contribution in [2.45, 2.75) is 12.5 Å². The lowest BCUT2D eigenvalue weighted by Crippen LogP contribution is -2.44. The summed E-state index contributed by atoms with van der Waals surface area (Å²) in [6.07, 6.45) is 3.87. The van der Waals surface area contributed by atoms with Crippen molar-refractivity contribution >= 4 is 58.0 Å². The van der Waals surface area contributed by atoms with Crippen LogP contribution in [0.25, 0.3) is 6.08 Å². The van der Waals surface area contributed by atoms with E-state index in [0.717, 1.165) is 11.8 Å². The van der Waals surface area contributed by atoms with Gasteiger partial charge >= 0.3 is 5.97 Å². The van der Waals surface area contributed by atoms with Crippen LogP contribution in [0.3, 0.4) is 0 Å². The van der Waals surface area contributed by atoms with E-state index in [1.165, 1.54) is 23.8 Å². The van der Waals surface area contributed by atoms with Crippen LogP contribution in [-0.2, 0) is 9.59 Å². The van der Waals surface area contributed by atoms with Crippen LogP contribution in [0.15, 0.2) is 23.1 Å². The zero-order valence-corrected chi connectivity index (χ0v) is 17.0. The van der Waals surface area contributed by atoms with E-state index in [9.17, 15) is 14.7 Å². The quantitative estimate of drug-likeness (QED) is 0.515. The summed E-state index contributed by atoms with van der Waals surface area (Å²) < 4.78 is 10.8. The Morgan fingerprint density at radius 3 is 2.73 bits per heavy atom. The molecule has 1 aliphatic heterocycles. The monoisotopic (exact) mass is 413 g/mol. The Balaban J connectivity index is 2.36. The Morgan fingerprint density at radius 1 is 1.42 bits per heavy atom. The van der Waals surface area contributed by atoms with Crippen LogP contribution in [0, 0.1) is 0 Å². The highest BCUT2D eigenvalue weighted by Gasteiger charge is 2.40. The molecule has 6 nitrogen and oxygen atoms in total. The molecule has 140 valence electrons. The Hall–Kier alpha value is -1.71. The highest BCUT2D eigenvalue weighted by Crippen LogP contribution is 2.37. The summed E-state index contributed by atoms with van der Waals surface area (Å²) in [5.74, 6) is 0.356. The van der Waals surface area contributed by atoms with E-state index in [1.54, 1.807) is 31.4 Å². The number of hydrogen-bond donors (Lipinski definition) is 1. The van der Waals surface area contributed by atoms with Crippen molar-refractivity contribution < 1.29 is 24.2 Å². The maximum Gasteiger partial charge on any atom is 0.326 e. The highest BCUT2D eigenvalue weighted by molar-refractivity contribution is 8.26. The predicted octanol–water partition coefficient (Wildman–Crippen LogP) is 3.11. The molecule has 1 aromatic carbocycles. The van der Waals surface area contributed by atoms with Gasteiger partial charge in [0.25, 0.3) is 5.91 Å². The second kappa shape index (κ2) is 9.29. The topological polar surface area (TPSA) is 76.1 Å². The molecule has 1 amide bonds. The molecule has 1 fully saturated rings. The number of benzene rings is 1. The summed E-state index contributed by atoms with van der Waals surface area (Å²) in [5, 5.41) is 9.49. The third kappa shape index (κ3) is 4.52. The summed E-state index contributed by atoms with van der Waals surface area (Å²) in [6, 6.07) is 4.27. The molecule has 1 atom stereocenters. The maximum atomic E-state index is 12.8. The second-order valence-corrected chi connectivity index (χ2v) is 7.96. The van der Waals surface area contributed by atoms with Crippen LogP contribution in [0.1, 0.15) is 12.0 Å². The molecular formula is C17H19NO5S3. The van der Waals surface area contributed by atoms with Gasteiger partial charge in [-0.2, -0.15) is 11.8 Å². The molecule has 2 rings (SSSR count). The smallest absolute Gasteiger partial charge is 0.326 e. The van der Waals surface area contributed by atoms with Crippen LogP contribution in [0.5, 0.6) is 11.5 Å². The minimum absolute atomic E-state index is 0.247. The minimum atomic E-state index is -1.06. The average Bonchev–Trinajstić information content (AvgIpc) is 2.89. The molecule has 0 aliphatic carbocycles. The number of aliphatic carboxylic acids is 1. The molecule has 1 heterocycles. The number of methoxy groups -OCH3 is 2. The lowest BCUT2D eigenvalue weighted by Gasteiger charge is -2.22. The van der Waals surface area contributed by atoms with Gasteiger partial charge in [-0.3, -0.25) is 9.69 Å². The van der Waals surface area contributed by atoms with Crippen LogP contribution < -0.4 is 9.47 Å². The van der Waals surface area contributed by atoms with Crippen molar-refractivity contribution in [3.05, 3.63) is 28.7 Å². The lowest BCUT2D eigenvalue weighted by molar-refractivity contribution is -0.145. The van der Waals surface area contributed by atoms with Crippen LogP contribution in [-0.4, -0.2) is 58.5 Å². The fourth-order valence-electron chi connectivity index (χ4n) is 2.43. The Bertz CT molecular complexity index is 750. The average molecular weight is 414 g/mol. The number of nitrogens with zero attached hydrogens (tertiary/aromatic N) is 1. The molecule has 0 saturated carbocycles. The largest absolute Gasteiger partial charge is 0.497 e. The first-order valence-electron chi connectivity index (χ1n) is 7.63. The Morgan fingerprint density at radius 2 is 2.15 bits per heavy atom. The molecule has 0 radical (unpaired) electrons. The summed E-state index contributed by atoms with van der Waals surface area (Å²) in [4.78, 5) is 25.9. The zero-order chi connectivity index (χ0) is 19.3. The van der Waals surface area contributed by atoms with Gasteiger partial charge in [-0.25, -0.2) is 4.79 Å². The molecular weight excluding hydrogens is 394 g/mol. The second-order valence-electron chi connectivity index (χ2n) is 5.30. The molecule has 1 aliphatic rings. The minimum Gasteiger partial charge on any atom is -0.497 e. The van der Waals surface area contributed by atoms with Crippen molar-refractivity contribution in [3.8, 4) is 11.5 Å². The molecule has 26 heavy (non-hydrogen) atoms. The number of carboxylic acid groups (broad SMARTS) is 1. The third-order valence-corrected chi connectivity index (χ3v) is 5.71. The van der Waals surface area contributed by atoms with Crippen molar-refractivity contribution in [1.82, 2.24) is 4.90 Å². The number of hydrogen-bond acceptors (Lipinski definition) is 7. The maximum absolute atomic E-state index is 12.8. The first kappa shape index (κ1) is 20.6. The number of rotatable bonds is 8. The fraction of sp³-hybridized carbons (Fsp3) is 0.353. The number of amides is 1. The van der Waals surface area contributed by atoms with Gasteiger partial charge in [0.1, 0.15) is 21.9 Å². The van der Waals surface area contributed by atoms with E-state index in [0.29, 0.717) is 34.1 Å². The van der Waals surface area contributed by atoms with Crippen LogP contribution >= 0.6 is 35.7 Å². The lowest BCUT2D eigenvalue weighted by atomic mass is 10.1. The number of thioether (sulfide) groups is 2. The first-order valence-corrected chi connectivity index (χ1v) is 10.3. The molecule has 1 unspecified atom stereocenters. The SMILES string of the molecule is COc1ccc(OC)c(/C=C2\SC(=S)N(C(CCSC)C(=O)O)C2=O)c1. The van der Waals surface area contributed by atoms with Gasteiger partial charge in [-0.15, -0.1) is 0 Å². The Kier molecular flexibility index (Phi) is 7.36. The first-order chi connectivity index (χ1) is 12.4. The molecule has 1 aromatic rings. The van der Waals surface area contributed by atoms with Crippen molar-refractivity contribution in [1.29, 1.82) is 0 Å². The standard InChI is InChI=1S/C17H19NO5S3/c1-22-11-4-5-13(23-2)10(8-11)9-14-15(19)18(17(24)26-14)12(16(20)21)6-7-25-3/h4-5,8-9,12H,6-7H2,1-3H3,(H,20,21)/b14-9-. The van der Waals surface area contributed by atoms with E-state index in [-0.39, 0.29) is 4.32 Å². The molecule has 0 spiro atoms. The van der Waals surface area contributed by atoms with E-state index < -0.39 is 17.9 Å². The number of carbonyl (C=O) groups is 2. The van der Waals surface area contributed by atoms with Gasteiger partial charge in [0.05, 0.1) is 19.1 Å². The third-order valence-electron chi connectivity index (χ3n) is 3.74. The van der Waals surface area contributed by atoms with Gasteiger partial charge in [-0.05, 0) is 42.7 Å². The summed E-state index contributed by atoms with van der Waals surface area (Å²) >= 11 is 7.88. The van der Waals surface area contributed by atoms with Gasteiger partial charge in [0.2, 0.25) is 0 Å². The number of thiocarbonyl (C=S) groups is 1. The fourth-order valence-corrected chi connectivity index (χ4v) is 4.24. The Labute approximate surface area is 165 Å². The van der Waals surface area contributed by atoms with Crippen molar-refractivity contribution in [3.63, 3.8) is 0 Å². The summed E-state index contributed by atoms with van der Waals surface area (Å²) in [7, 11) is 3.08. The van der Waals surface area contributed by atoms with Crippen LogP contribution in [0.2, 0.25) is 0 Å². The molecule has 0 bridgehead atoms. The van der Waals surface area contributed by atoms with Crippen molar-refractivity contribution in [2.75, 3.05) is 26.2 Å². The van der Waals surface area contributed by atoms with Gasteiger partial charge in [0.15, 0.2) is 0 Å². The van der Waals surface area contributed by atoms with Gasteiger partial charge in [-0.1, -0.05) is 24.0 Å². The van der Waals surface area contributed by atoms with Crippen LogP contribution in [0.4, 0.5) is 0 Å². The summed E-state index contributed by atoms with van der Waals surface area (Å²) in [6.45, 7) is 0. The molecule has 1 N–H and O–H groups in total. The molecule has 9 heteroatoms.